The highest BCUT2D eigenvalue weighted by molar-refractivity contribution is 5.50. The molecule has 3 rings (SSSR count). The van der Waals surface area contributed by atoms with Gasteiger partial charge in [-0.3, -0.25) is 10.2 Å². The van der Waals surface area contributed by atoms with Crippen LogP contribution in [0.5, 0.6) is 0 Å². The molecule has 3 aromatic rings. The molecule has 15 heavy (non-hydrogen) atoms. The summed E-state index contributed by atoms with van der Waals surface area (Å²) in [4.78, 5) is 8.02. The van der Waals surface area contributed by atoms with E-state index >= 15 is 0 Å². The van der Waals surface area contributed by atoms with Crippen LogP contribution in [-0.4, -0.2) is 35.5 Å². The number of aromatic nitrogens is 7. The van der Waals surface area contributed by atoms with E-state index in [0.717, 1.165) is 0 Å². The summed E-state index contributed by atoms with van der Waals surface area (Å²) < 4.78 is 5.01. The third-order valence-electron chi connectivity index (χ3n) is 1.78. The summed E-state index contributed by atoms with van der Waals surface area (Å²) in [6, 6.07) is 1.73. The fourth-order valence-electron chi connectivity index (χ4n) is 1.12. The smallest absolute Gasteiger partial charge is 0.276 e. The van der Waals surface area contributed by atoms with E-state index in [1.807, 2.05) is 0 Å². The van der Waals surface area contributed by atoms with Gasteiger partial charge in [0, 0.05) is 6.20 Å². The zero-order chi connectivity index (χ0) is 10.1. The van der Waals surface area contributed by atoms with Gasteiger partial charge >= 0.3 is 0 Å². The van der Waals surface area contributed by atoms with Gasteiger partial charge in [0.05, 0.1) is 0 Å². The van der Waals surface area contributed by atoms with Crippen LogP contribution < -0.4 is 0 Å². The molecular weight excluding hydrogens is 198 g/mol. The van der Waals surface area contributed by atoms with Crippen LogP contribution in [0.4, 0.5) is 0 Å². The molecule has 0 amide bonds. The molecule has 0 atom stereocenters. The third kappa shape index (κ3) is 1.27. The van der Waals surface area contributed by atoms with Gasteiger partial charge in [0.2, 0.25) is 5.82 Å². The molecule has 0 fully saturated rings. The Morgan fingerprint density at radius 3 is 2.93 bits per heavy atom. The molecule has 0 radical (unpaired) electrons. The topological polar surface area (TPSA) is 109 Å². The lowest BCUT2D eigenvalue weighted by Crippen LogP contribution is -1.83. The summed E-state index contributed by atoms with van der Waals surface area (Å²) in [7, 11) is 0. The van der Waals surface area contributed by atoms with E-state index in [2.05, 4.69) is 35.5 Å². The number of hydrogen-bond donors (Lipinski definition) is 2. The van der Waals surface area contributed by atoms with E-state index in [4.69, 9.17) is 4.52 Å². The average Bonchev–Trinajstić information content (AvgIpc) is 3.02. The Morgan fingerprint density at radius 2 is 2.20 bits per heavy atom. The molecule has 0 aliphatic heterocycles. The summed E-state index contributed by atoms with van der Waals surface area (Å²) in [6.45, 7) is 0. The zero-order valence-corrected chi connectivity index (χ0v) is 7.38. The van der Waals surface area contributed by atoms with Crippen molar-refractivity contribution in [1.82, 2.24) is 35.5 Å². The number of aromatic amines is 2. The van der Waals surface area contributed by atoms with E-state index in [-0.39, 0.29) is 0 Å². The van der Waals surface area contributed by atoms with Crippen LogP contribution in [0.1, 0.15) is 0 Å². The van der Waals surface area contributed by atoms with Crippen molar-refractivity contribution in [3.63, 3.8) is 0 Å². The molecule has 8 heteroatoms. The standard InChI is InChI=1S/C7H5N7O/c1-2-9-12-4(1)7-11-6(14-15-7)5-8-3-10-13-5/h1-3H,(H,9,12)(H,8,10,13). The lowest BCUT2D eigenvalue weighted by Gasteiger charge is -1.83. The van der Waals surface area contributed by atoms with Crippen LogP contribution in [-0.2, 0) is 0 Å². The molecule has 0 saturated heterocycles. The first-order valence-corrected chi connectivity index (χ1v) is 4.12. The van der Waals surface area contributed by atoms with Crippen LogP contribution in [0.15, 0.2) is 23.1 Å². The fraction of sp³-hybridized carbons (Fsp3) is 0. The molecule has 0 aromatic carbocycles. The van der Waals surface area contributed by atoms with Crippen molar-refractivity contribution in [2.75, 3.05) is 0 Å². The Morgan fingerprint density at radius 1 is 1.20 bits per heavy atom. The van der Waals surface area contributed by atoms with Gasteiger partial charge in [0.1, 0.15) is 12.0 Å². The number of H-pyrrole nitrogens is 2. The molecule has 0 bridgehead atoms. The Balaban J connectivity index is 2.02. The van der Waals surface area contributed by atoms with E-state index in [0.29, 0.717) is 23.2 Å². The first kappa shape index (κ1) is 7.85. The van der Waals surface area contributed by atoms with Gasteiger partial charge < -0.3 is 4.52 Å². The fourth-order valence-corrected chi connectivity index (χ4v) is 1.12. The SMILES string of the molecule is c1cc(-c2nc(-c3ncn[nH]3)no2)[nH]n1. The monoisotopic (exact) mass is 203 g/mol. The molecule has 3 heterocycles. The molecule has 0 aliphatic rings. The molecule has 0 aliphatic carbocycles. The van der Waals surface area contributed by atoms with E-state index in [1.165, 1.54) is 6.33 Å². The second kappa shape index (κ2) is 3.01. The second-order valence-corrected chi connectivity index (χ2v) is 2.73. The Kier molecular flexibility index (Phi) is 1.58. The van der Waals surface area contributed by atoms with Crippen molar-refractivity contribution in [3.8, 4) is 23.2 Å². The van der Waals surface area contributed by atoms with E-state index in [1.54, 1.807) is 12.3 Å². The molecular formula is C7H5N7O. The zero-order valence-electron chi connectivity index (χ0n) is 7.38. The van der Waals surface area contributed by atoms with Gasteiger partial charge in [-0.2, -0.15) is 15.2 Å². The number of hydrogen-bond acceptors (Lipinski definition) is 6. The Hall–Kier alpha value is -2.51. The Bertz CT molecular complexity index is 489. The highest BCUT2D eigenvalue weighted by atomic mass is 16.5. The maximum Gasteiger partial charge on any atom is 0.276 e. The number of nitrogens with one attached hydrogen (secondary N) is 2. The molecule has 0 saturated carbocycles. The van der Waals surface area contributed by atoms with Gasteiger partial charge in [0.15, 0.2) is 5.82 Å². The summed E-state index contributed by atoms with van der Waals surface area (Å²) in [5, 5.41) is 16.6. The van der Waals surface area contributed by atoms with Gasteiger partial charge in [-0.1, -0.05) is 5.16 Å². The summed E-state index contributed by atoms with van der Waals surface area (Å²) >= 11 is 0. The number of nitrogens with zero attached hydrogens (tertiary/aromatic N) is 5. The van der Waals surface area contributed by atoms with Crippen LogP contribution in [0.2, 0.25) is 0 Å². The first-order valence-electron chi connectivity index (χ1n) is 4.12. The van der Waals surface area contributed by atoms with Crippen LogP contribution in [0.3, 0.4) is 0 Å². The van der Waals surface area contributed by atoms with Crippen molar-refractivity contribution in [2.45, 2.75) is 0 Å². The molecule has 8 nitrogen and oxygen atoms in total. The minimum atomic E-state index is 0.358. The van der Waals surface area contributed by atoms with Gasteiger partial charge in [-0.05, 0) is 6.07 Å². The molecule has 0 spiro atoms. The predicted octanol–water partition coefficient (Wildman–Crippen LogP) is 0.245. The minimum Gasteiger partial charge on any atom is -0.332 e. The minimum absolute atomic E-state index is 0.358. The van der Waals surface area contributed by atoms with Gasteiger partial charge in [-0.15, -0.1) is 0 Å². The van der Waals surface area contributed by atoms with Crippen molar-refractivity contribution in [1.29, 1.82) is 0 Å². The maximum absolute atomic E-state index is 5.01. The first-order chi connectivity index (χ1) is 7.43. The van der Waals surface area contributed by atoms with Gasteiger partial charge in [-0.25, -0.2) is 4.98 Å². The van der Waals surface area contributed by atoms with Crippen LogP contribution in [0, 0.1) is 0 Å². The normalized spacial score (nSPS) is 10.7. The second-order valence-electron chi connectivity index (χ2n) is 2.73. The lowest BCUT2D eigenvalue weighted by molar-refractivity contribution is 0.430. The predicted molar refractivity (Wildman–Crippen MR) is 47.3 cm³/mol. The van der Waals surface area contributed by atoms with Crippen molar-refractivity contribution in [2.24, 2.45) is 0 Å². The van der Waals surface area contributed by atoms with E-state index in [9.17, 15) is 0 Å². The molecule has 74 valence electrons. The van der Waals surface area contributed by atoms with Crippen molar-refractivity contribution in [3.05, 3.63) is 18.6 Å². The highest BCUT2D eigenvalue weighted by Gasteiger charge is 2.12. The largest absolute Gasteiger partial charge is 0.332 e. The third-order valence-corrected chi connectivity index (χ3v) is 1.78. The number of rotatable bonds is 2. The van der Waals surface area contributed by atoms with Crippen molar-refractivity contribution < 1.29 is 4.52 Å². The molecule has 3 aromatic heterocycles. The van der Waals surface area contributed by atoms with Gasteiger partial charge in [0.25, 0.3) is 5.89 Å². The van der Waals surface area contributed by atoms with Crippen molar-refractivity contribution >= 4 is 0 Å². The maximum atomic E-state index is 5.01. The summed E-state index contributed by atoms with van der Waals surface area (Å²) in [6.07, 6.45) is 2.98. The molecule has 0 unspecified atom stereocenters. The summed E-state index contributed by atoms with van der Waals surface area (Å²) in [5.41, 5.74) is 0.660. The Labute approximate surface area is 82.7 Å². The van der Waals surface area contributed by atoms with Crippen LogP contribution in [0.25, 0.3) is 23.2 Å². The molecule has 2 N–H and O–H groups in total. The quantitative estimate of drug-likeness (QED) is 0.617. The highest BCUT2D eigenvalue weighted by Crippen LogP contribution is 2.16. The lowest BCUT2D eigenvalue weighted by atomic mass is 10.4. The van der Waals surface area contributed by atoms with Crippen LogP contribution >= 0.6 is 0 Å². The average molecular weight is 203 g/mol. The van der Waals surface area contributed by atoms with E-state index < -0.39 is 0 Å². The summed E-state index contributed by atoms with van der Waals surface area (Å²) in [5.74, 6) is 1.18.